The Hall–Kier alpha value is -3.52. The van der Waals surface area contributed by atoms with Crippen LogP contribution in [0.3, 0.4) is 0 Å². The summed E-state index contributed by atoms with van der Waals surface area (Å²) < 4.78 is 17.2. The van der Waals surface area contributed by atoms with Gasteiger partial charge in [-0.05, 0) is 54.4 Å². The van der Waals surface area contributed by atoms with Crippen molar-refractivity contribution in [2.75, 3.05) is 13.2 Å². The third-order valence-electron chi connectivity index (χ3n) is 5.06. The van der Waals surface area contributed by atoms with Crippen LogP contribution in [-0.2, 0) is 11.4 Å². The standard InChI is InChI=1S/C27H22Cl3N3O4/c1-2-35-24-13-18(12-22(30)27(24)37-15-17-8-9-20(28)21(29)11-17)14-32-33-25(34)16-36-23-7-3-5-19-6-4-10-31-26(19)23/h3-14H,2,15-16H2,1H3,(H,33,34)/b32-14+. The number of amides is 1. The minimum atomic E-state index is -0.429. The lowest BCUT2D eigenvalue weighted by Gasteiger charge is -2.14. The minimum Gasteiger partial charge on any atom is -0.490 e. The van der Waals surface area contributed by atoms with E-state index in [2.05, 4.69) is 15.5 Å². The molecule has 0 atom stereocenters. The molecule has 0 unspecified atom stereocenters. The number of rotatable bonds is 10. The van der Waals surface area contributed by atoms with Gasteiger partial charge in [-0.15, -0.1) is 0 Å². The zero-order valence-corrected chi connectivity index (χ0v) is 22.0. The molecule has 0 bridgehead atoms. The molecule has 4 rings (SSSR count). The lowest BCUT2D eigenvalue weighted by molar-refractivity contribution is -0.123. The second kappa shape index (κ2) is 12.6. The third kappa shape index (κ3) is 7.04. The van der Waals surface area contributed by atoms with Gasteiger partial charge in [-0.2, -0.15) is 5.10 Å². The predicted octanol–water partition coefficient (Wildman–Crippen LogP) is 6.70. The van der Waals surface area contributed by atoms with Crippen LogP contribution >= 0.6 is 34.8 Å². The van der Waals surface area contributed by atoms with Crippen molar-refractivity contribution in [2.24, 2.45) is 5.10 Å². The molecule has 4 aromatic rings. The van der Waals surface area contributed by atoms with Crippen molar-refractivity contribution in [3.8, 4) is 17.2 Å². The number of aromatic nitrogens is 1. The Morgan fingerprint density at radius 1 is 0.946 bits per heavy atom. The van der Waals surface area contributed by atoms with Gasteiger partial charge in [0.05, 0.1) is 27.9 Å². The fourth-order valence-corrected chi connectivity index (χ4v) is 3.99. The van der Waals surface area contributed by atoms with Crippen LogP contribution in [0.2, 0.25) is 15.1 Å². The lowest BCUT2D eigenvalue weighted by Crippen LogP contribution is -2.24. The number of halogens is 3. The number of hydrogen-bond donors (Lipinski definition) is 1. The van der Waals surface area contributed by atoms with Crippen LogP contribution in [0.1, 0.15) is 18.1 Å². The maximum atomic E-state index is 12.2. The van der Waals surface area contributed by atoms with Crippen molar-refractivity contribution >= 4 is 57.8 Å². The number of ether oxygens (including phenoxy) is 3. The van der Waals surface area contributed by atoms with Crippen LogP contribution in [0.25, 0.3) is 10.9 Å². The molecule has 0 aliphatic rings. The van der Waals surface area contributed by atoms with Crippen molar-refractivity contribution in [1.29, 1.82) is 0 Å². The van der Waals surface area contributed by atoms with Crippen LogP contribution in [-0.4, -0.2) is 30.3 Å². The molecule has 1 aromatic heterocycles. The number of para-hydroxylation sites is 1. The van der Waals surface area contributed by atoms with Crippen LogP contribution in [0.4, 0.5) is 0 Å². The second-order valence-corrected chi connectivity index (χ2v) is 8.93. The first-order chi connectivity index (χ1) is 17.9. The summed E-state index contributed by atoms with van der Waals surface area (Å²) in [6.07, 6.45) is 3.12. The second-order valence-electron chi connectivity index (χ2n) is 7.71. The van der Waals surface area contributed by atoms with Gasteiger partial charge in [0.2, 0.25) is 0 Å². The molecule has 0 aliphatic carbocycles. The van der Waals surface area contributed by atoms with Gasteiger partial charge in [-0.1, -0.05) is 59.1 Å². The van der Waals surface area contributed by atoms with E-state index in [9.17, 15) is 4.79 Å². The van der Waals surface area contributed by atoms with Crippen LogP contribution in [0, 0.1) is 0 Å². The zero-order valence-electron chi connectivity index (χ0n) is 19.7. The topological polar surface area (TPSA) is 82.0 Å². The van der Waals surface area contributed by atoms with E-state index in [1.807, 2.05) is 37.3 Å². The molecule has 1 amide bonds. The highest BCUT2D eigenvalue weighted by Gasteiger charge is 2.13. The number of pyridine rings is 1. The summed E-state index contributed by atoms with van der Waals surface area (Å²) in [4.78, 5) is 16.5. The summed E-state index contributed by atoms with van der Waals surface area (Å²) >= 11 is 18.5. The molecular formula is C27H22Cl3N3O4. The molecule has 0 saturated carbocycles. The summed E-state index contributed by atoms with van der Waals surface area (Å²) in [6, 6.07) is 17.9. The highest BCUT2D eigenvalue weighted by atomic mass is 35.5. The average Bonchev–Trinajstić information content (AvgIpc) is 2.89. The Bertz CT molecular complexity index is 1440. The fraction of sp³-hybridized carbons (Fsp3) is 0.148. The monoisotopic (exact) mass is 557 g/mol. The minimum absolute atomic E-state index is 0.215. The van der Waals surface area contributed by atoms with Gasteiger partial charge >= 0.3 is 0 Å². The van der Waals surface area contributed by atoms with E-state index in [1.165, 1.54) is 6.21 Å². The molecule has 0 fully saturated rings. The predicted molar refractivity (Wildman–Crippen MR) is 146 cm³/mol. The van der Waals surface area contributed by atoms with Gasteiger partial charge < -0.3 is 14.2 Å². The smallest absolute Gasteiger partial charge is 0.277 e. The number of nitrogens with one attached hydrogen (secondary N) is 1. The van der Waals surface area contributed by atoms with E-state index in [0.29, 0.717) is 50.0 Å². The van der Waals surface area contributed by atoms with E-state index in [1.54, 1.807) is 36.5 Å². The molecule has 0 aliphatic heterocycles. The molecule has 1 heterocycles. The van der Waals surface area contributed by atoms with Crippen molar-refractivity contribution in [3.05, 3.63) is 93.1 Å². The van der Waals surface area contributed by atoms with E-state index in [-0.39, 0.29) is 13.2 Å². The third-order valence-corrected chi connectivity index (χ3v) is 6.08. The summed E-state index contributed by atoms with van der Waals surface area (Å²) in [5.41, 5.74) is 4.55. The highest BCUT2D eigenvalue weighted by Crippen LogP contribution is 2.37. The first-order valence-electron chi connectivity index (χ1n) is 11.3. The molecule has 190 valence electrons. The number of hydrazone groups is 1. The van der Waals surface area contributed by atoms with Gasteiger partial charge in [-0.25, -0.2) is 5.43 Å². The number of nitrogens with zero attached hydrogens (tertiary/aromatic N) is 2. The van der Waals surface area contributed by atoms with E-state index >= 15 is 0 Å². The van der Waals surface area contributed by atoms with E-state index in [0.717, 1.165) is 10.9 Å². The SMILES string of the molecule is CCOc1cc(/C=N/NC(=O)COc2cccc3cccnc23)cc(Cl)c1OCc1ccc(Cl)c(Cl)c1. The Morgan fingerprint density at radius 3 is 2.59 bits per heavy atom. The van der Waals surface area contributed by atoms with Crippen molar-refractivity contribution in [3.63, 3.8) is 0 Å². The van der Waals surface area contributed by atoms with Crippen LogP contribution < -0.4 is 19.6 Å². The molecule has 0 saturated heterocycles. The first kappa shape index (κ1) is 26.5. The average molecular weight is 559 g/mol. The molecule has 0 spiro atoms. The summed E-state index contributed by atoms with van der Waals surface area (Å²) in [6.45, 7) is 2.24. The fourth-order valence-electron chi connectivity index (χ4n) is 3.40. The normalized spacial score (nSPS) is 11.0. The van der Waals surface area contributed by atoms with E-state index in [4.69, 9.17) is 49.0 Å². The van der Waals surface area contributed by atoms with Gasteiger partial charge in [0.15, 0.2) is 18.1 Å². The van der Waals surface area contributed by atoms with Crippen molar-refractivity contribution in [1.82, 2.24) is 10.4 Å². The Morgan fingerprint density at radius 2 is 1.78 bits per heavy atom. The Labute approximate surface area is 228 Å². The van der Waals surface area contributed by atoms with Crippen molar-refractivity contribution < 1.29 is 19.0 Å². The molecule has 7 nitrogen and oxygen atoms in total. The Balaban J connectivity index is 1.38. The van der Waals surface area contributed by atoms with Crippen LogP contribution in [0.15, 0.2) is 72.0 Å². The molecule has 0 radical (unpaired) electrons. The lowest BCUT2D eigenvalue weighted by atomic mass is 10.2. The first-order valence-corrected chi connectivity index (χ1v) is 12.4. The Kier molecular flexibility index (Phi) is 9.06. The largest absolute Gasteiger partial charge is 0.490 e. The van der Waals surface area contributed by atoms with E-state index < -0.39 is 5.91 Å². The quantitative estimate of drug-likeness (QED) is 0.173. The zero-order chi connectivity index (χ0) is 26.2. The van der Waals surface area contributed by atoms with Gasteiger partial charge in [0.25, 0.3) is 5.91 Å². The summed E-state index contributed by atoms with van der Waals surface area (Å²) in [7, 11) is 0. The molecule has 1 N–H and O–H groups in total. The molecule has 3 aromatic carbocycles. The number of fused-ring (bicyclic) bond motifs is 1. The number of carbonyl (C=O) groups excluding carboxylic acids is 1. The molecule has 10 heteroatoms. The highest BCUT2D eigenvalue weighted by molar-refractivity contribution is 6.42. The molecule has 37 heavy (non-hydrogen) atoms. The van der Waals surface area contributed by atoms with Crippen LogP contribution in [0.5, 0.6) is 17.2 Å². The number of benzene rings is 3. The van der Waals surface area contributed by atoms with Gasteiger partial charge in [-0.3, -0.25) is 9.78 Å². The number of carbonyl (C=O) groups is 1. The van der Waals surface area contributed by atoms with Crippen molar-refractivity contribution in [2.45, 2.75) is 13.5 Å². The van der Waals surface area contributed by atoms with Gasteiger partial charge in [0.1, 0.15) is 17.9 Å². The molecular weight excluding hydrogens is 537 g/mol. The summed E-state index contributed by atoms with van der Waals surface area (Å²) in [5, 5.41) is 6.14. The van der Waals surface area contributed by atoms with Gasteiger partial charge in [0, 0.05) is 11.6 Å². The maximum Gasteiger partial charge on any atom is 0.277 e. The number of hydrogen-bond acceptors (Lipinski definition) is 6. The maximum absolute atomic E-state index is 12.2. The summed E-state index contributed by atoms with van der Waals surface area (Å²) in [5.74, 6) is 0.909.